The number of aryl methyl sites for hydroxylation is 1. The van der Waals surface area contributed by atoms with Crippen molar-refractivity contribution in [2.24, 2.45) is 0 Å². The van der Waals surface area contributed by atoms with Crippen molar-refractivity contribution in [3.05, 3.63) is 60.2 Å². The number of amides is 1. The predicted molar refractivity (Wildman–Crippen MR) is 116 cm³/mol. The third kappa shape index (κ3) is 5.29. The van der Waals surface area contributed by atoms with Crippen LogP contribution in [0.5, 0.6) is 5.75 Å². The number of hydrogen-bond acceptors (Lipinski definition) is 6. The molecule has 0 saturated carbocycles. The first-order chi connectivity index (χ1) is 15.2. The zero-order valence-electron chi connectivity index (χ0n) is 17.9. The van der Waals surface area contributed by atoms with Crippen molar-refractivity contribution < 1.29 is 14.1 Å². The van der Waals surface area contributed by atoms with E-state index in [0.29, 0.717) is 31.0 Å². The molecular weight excluding hydrogens is 392 g/mol. The van der Waals surface area contributed by atoms with E-state index >= 15 is 0 Å². The van der Waals surface area contributed by atoms with Crippen LogP contribution in [0.4, 0.5) is 0 Å². The minimum absolute atomic E-state index is 0.142. The number of ether oxygens (including phenoxy) is 1. The Morgan fingerprint density at radius 1 is 1.13 bits per heavy atom. The van der Waals surface area contributed by atoms with Crippen LogP contribution in [0.25, 0.3) is 11.4 Å². The van der Waals surface area contributed by atoms with E-state index in [4.69, 9.17) is 9.26 Å². The number of aromatic nitrogens is 3. The molecule has 0 aliphatic carbocycles. The largest absolute Gasteiger partial charge is 0.497 e. The Morgan fingerprint density at radius 2 is 1.94 bits per heavy atom. The summed E-state index contributed by atoms with van der Waals surface area (Å²) in [7, 11) is 1.63. The van der Waals surface area contributed by atoms with E-state index in [-0.39, 0.29) is 11.9 Å². The maximum atomic E-state index is 13.0. The summed E-state index contributed by atoms with van der Waals surface area (Å²) in [5.74, 6) is 2.08. The van der Waals surface area contributed by atoms with E-state index in [0.717, 1.165) is 37.1 Å². The van der Waals surface area contributed by atoms with E-state index in [1.165, 1.54) is 12.0 Å². The van der Waals surface area contributed by atoms with Crippen LogP contribution in [-0.4, -0.2) is 39.6 Å². The normalized spacial score (nSPS) is 16.7. The minimum Gasteiger partial charge on any atom is -0.497 e. The Hall–Kier alpha value is -3.22. The molecule has 2 aromatic heterocycles. The van der Waals surface area contributed by atoms with Crippen LogP contribution in [0.1, 0.15) is 56.0 Å². The Morgan fingerprint density at radius 3 is 2.71 bits per heavy atom. The topological polar surface area (TPSA) is 81.4 Å². The zero-order valence-corrected chi connectivity index (χ0v) is 17.9. The lowest BCUT2D eigenvalue weighted by molar-refractivity contribution is -0.133. The number of pyridine rings is 1. The third-order valence-corrected chi connectivity index (χ3v) is 5.76. The number of hydrogen-bond donors (Lipinski definition) is 0. The van der Waals surface area contributed by atoms with Crippen molar-refractivity contribution in [3.63, 3.8) is 0 Å². The van der Waals surface area contributed by atoms with E-state index < -0.39 is 0 Å². The molecule has 4 rings (SSSR count). The molecule has 0 spiro atoms. The molecule has 1 aromatic carbocycles. The van der Waals surface area contributed by atoms with Gasteiger partial charge >= 0.3 is 0 Å². The lowest BCUT2D eigenvalue weighted by Crippen LogP contribution is -2.34. The van der Waals surface area contributed by atoms with Gasteiger partial charge in [0.15, 0.2) is 0 Å². The van der Waals surface area contributed by atoms with Crippen molar-refractivity contribution in [2.75, 3.05) is 13.7 Å². The Labute approximate surface area is 182 Å². The smallest absolute Gasteiger partial charge is 0.226 e. The number of carbonyl (C=O) groups excluding carboxylic acids is 1. The number of nitrogens with zero attached hydrogens (tertiary/aromatic N) is 4. The molecule has 1 saturated heterocycles. The predicted octanol–water partition coefficient (Wildman–Crippen LogP) is 4.61. The van der Waals surface area contributed by atoms with Gasteiger partial charge in [0.2, 0.25) is 17.6 Å². The SMILES string of the molecule is COc1ccc(-c2noc(CCCC(=O)N3CCCCCC3c3ccncc3)n2)cc1. The maximum absolute atomic E-state index is 13.0. The van der Waals surface area contributed by atoms with Crippen molar-refractivity contribution in [1.82, 2.24) is 20.0 Å². The minimum atomic E-state index is 0.142. The summed E-state index contributed by atoms with van der Waals surface area (Å²) in [5, 5.41) is 4.07. The molecule has 1 amide bonds. The Balaban J connectivity index is 1.34. The first-order valence-electron chi connectivity index (χ1n) is 10.9. The van der Waals surface area contributed by atoms with Gasteiger partial charge in [-0.25, -0.2) is 0 Å². The molecule has 0 N–H and O–H groups in total. The highest BCUT2D eigenvalue weighted by molar-refractivity contribution is 5.76. The van der Waals surface area contributed by atoms with Gasteiger partial charge in [0.25, 0.3) is 0 Å². The summed E-state index contributed by atoms with van der Waals surface area (Å²) in [5.41, 5.74) is 2.04. The number of likely N-dealkylation sites (tertiary alicyclic amines) is 1. The molecule has 162 valence electrons. The van der Waals surface area contributed by atoms with Crippen molar-refractivity contribution in [2.45, 2.75) is 51.0 Å². The van der Waals surface area contributed by atoms with E-state index in [1.807, 2.05) is 36.4 Å². The molecular formula is C24H28N4O3. The highest BCUT2D eigenvalue weighted by Gasteiger charge is 2.26. The van der Waals surface area contributed by atoms with Crippen LogP contribution in [0, 0.1) is 0 Å². The van der Waals surface area contributed by atoms with Crippen LogP contribution in [0.15, 0.2) is 53.3 Å². The summed E-state index contributed by atoms with van der Waals surface area (Å²) in [6, 6.07) is 11.7. The molecule has 0 bridgehead atoms. The molecule has 31 heavy (non-hydrogen) atoms. The fourth-order valence-corrected chi connectivity index (χ4v) is 4.09. The number of carbonyl (C=O) groups is 1. The van der Waals surface area contributed by atoms with Crippen LogP contribution in [0.2, 0.25) is 0 Å². The van der Waals surface area contributed by atoms with Crippen LogP contribution >= 0.6 is 0 Å². The lowest BCUT2D eigenvalue weighted by Gasteiger charge is -2.30. The number of methoxy groups -OCH3 is 1. The van der Waals surface area contributed by atoms with Gasteiger partial charge in [0.1, 0.15) is 5.75 Å². The van der Waals surface area contributed by atoms with Gasteiger partial charge in [-0.15, -0.1) is 0 Å². The summed E-state index contributed by atoms with van der Waals surface area (Å²) in [4.78, 5) is 23.7. The molecule has 3 aromatic rings. The monoisotopic (exact) mass is 420 g/mol. The molecule has 1 aliphatic heterocycles. The van der Waals surface area contributed by atoms with E-state index in [9.17, 15) is 4.79 Å². The maximum Gasteiger partial charge on any atom is 0.226 e. The van der Waals surface area contributed by atoms with Crippen molar-refractivity contribution in [3.8, 4) is 17.1 Å². The van der Waals surface area contributed by atoms with Crippen molar-refractivity contribution >= 4 is 5.91 Å². The second kappa shape index (κ2) is 10.2. The second-order valence-corrected chi connectivity index (χ2v) is 7.83. The first kappa shape index (κ1) is 21.0. The van der Waals surface area contributed by atoms with Gasteiger partial charge in [-0.3, -0.25) is 9.78 Å². The zero-order chi connectivity index (χ0) is 21.5. The highest BCUT2D eigenvalue weighted by atomic mass is 16.5. The van der Waals surface area contributed by atoms with Gasteiger partial charge in [-0.05, 0) is 61.2 Å². The Bertz CT molecular complexity index is 972. The van der Waals surface area contributed by atoms with Gasteiger partial charge in [0, 0.05) is 37.3 Å². The molecule has 1 atom stereocenters. The van der Waals surface area contributed by atoms with Crippen LogP contribution in [-0.2, 0) is 11.2 Å². The van der Waals surface area contributed by atoms with E-state index in [1.54, 1.807) is 19.5 Å². The van der Waals surface area contributed by atoms with Crippen LogP contribution in [0.3, 0.4) is 0 Å². The number of rotatable bonds is 7. The van der Waals surface area contributed by atoms with Crippen LogP contribution < -0.4 is 4.74 Å². The lowest BCUT2D eigenvalue weighted by atomic mass is 10.0. The summed E-state index contributed by atoms with van der Waals surface area (Å²) >= 11 is 0. The fourth-order valence-electron chi connectivity index (χ4n) is 4.09. The average molecular weight is 421 g/mol. The number of benzene rings is 1. The fraction of sp³-hybridized carbons (Fsp3) is 0.417. The first-order valence-corrected chi connectivity index (χ1v) is 10.9. The molecule has 0 radical (unpaired) electrons. The van der Waals surface area contributed by atoms with Gasteiger partial charge in [0.05, 0.1) is 13.2 Å². The average Bonchev–Trinajstić information content (AvgIpc) is 3.15. The summed E-state index contributed by atoms with van der Waals surface area (Å²) in [6.45, 7) is 0.813. The summed E-state index contributed by atoms with van der Waals surface area (Å²) < 4.78 is 10.6. The molecule has 1 unspecified atom stereocenters. The van der Waals surface area contributed by atoms with E-state index in [2.05, 4.69) is 20.0 Å². The quantitative estimate of drug-likeness (QED) is 0.555. The molecule has 1 fully saturated rings. The summed E-state index contributed by atoms with van der Waals surface area (Å²) in [6.07, 6.45) is 9.73. The molecule has 3 heterocycles. The molecule has 1 aliphatic rings. The standard InChI is InChI=1S/C24H28N4O3/c1-30-20-11-9-19(10-12-20)24-26-22(31-27-24)7-5-8-23(29)28-17-4-2-3-6-21(28)18-13-15-25-16-14-18/h9-16,21H,2-8,17H2,1H3. The van der Waals surface area contributed by atoms with Gasteiger partial charge < -0.3 is 14.2 Å². The molecule has 7 nitrogen and oxygen atoms in total. The molecule has 7 heteroatoms. The van der Waals surface area contributed by atoms with Gasteiger partial charge in [-0.2, -0.15) is 4.98 Å². The third-order valence-electron chi connectivity index (χ3n) is 5.76. The highest BCUT2D eigenvalue weighted by Crippen LogP contribution is 2.30. The second-order valence-electron chi connectivity index (χ2n) is 7.83. The Kier molecular flexibility index (Phi) is 6.92. The van der Waals surface area contributed by atoms with Gasteiger partial charge in [-0.1, -0.05) is 18.0 Å². The van der Waals surface area contributed by atoms with Crippen molar-refractivity contribution in [1.29, 1.82) is 0 Å².